The number of rotatable bonds is 11. The Labute approximate surface area is 262 Å². The number of hydrogen-bond donors (Lipinski definition) is 2. The first-order valence-electron chi connectivity index (χ1n) is 14.7. The van der Waals surface area contributed by atoms with E-state index in [0.717, 1.165) is 45.6 Å². The minimum absolute atomic E-state index is 0.00163. The number of thioether (sulfide) groups is 1. The summed E-state index contributed by atoms with van der Waals surface area (Å²) in [4.78, 5) is 24.7. The van der Waals surface area contributed by atoms with Crippen molar-refractivity contribution in [1.82, 2.24) is 5.32 Å². The van der Waals surface area contributed by atoms with Gasteiger partial charge in [0.15, 0.2) is 12.4 Å². The Balaban J connectivity index is 1.33. The molecule has 1 saturated heterocycles. The third kappa shape index (κ3) is 8.57. The Morgan fingerprint density at radius 1 is 0.886 bits per heavy atom. The fourth-order valence-electron chi connectivity index (χ4n) is 5.09. The van der Waals surface area contributed by atoms with Crippen LogP contribution in [0.1, 0.15) is 54.9 Å². The van der Waals surface area contributed by atoms with Crippen molar-refractivity contribution in [2.24, 2.45) is 0 Å². The van der Waals surface area contributed by atoms with E-state index in [2.05, 4.69) is 23.5 Å². The zero-order valence-electron chi connectivity index (χ0n) is 24.8. The van der Waals surface area contributed by atoms with E-state index in [1.807, 2.05) is 84.9 Å². The van der Waals surface area contributed by atoms with E-state index in [1.54, 1.807) is 18.7 Å². The van der Waals surface area contributed by atoms with Crippen LogP contribution in [0.25, 0.3) is 11.1 Å². The molecule has 0 spiro atoms. The smallest absolute Gasteiger partial charge is 0.303 e. The maximum Gasteiger partial charge on any atom is 0.303 e. The number of aliphatic hydroxyl groups is 1. The van der Waals surface area contributed by atoms with E-state index >= 15 is 0 Å². The second kappa shape index (κ2) is 15.2. The van der Waals surface area contributed by atoms with E-state index in [0.29, 0.717) is 6.54 Å². The lowest BCUT2D eigenvalue weighted by atomic mass is 9.99. The van der Waals surface area contributed by atoms with Crippen LogP contribution in [-0.4, -0.2) is 34.9 Å². The van der Waals surface area contributed by atoms with Crippen LogP contribution in [-0.2, 0) is 37.0 Å². The number of carbonyl (C=O) groups is 2. The van der Waals surface area contributed by atoms with E-state index < -0.39 is 18.4 Å². The molecule has 8 heteroatoms. The second-order valence-electron chi connectivity index (χ2n) is 10.8. The van der Waals surface area contributed by atoms with Gasteiger partial charge in [-0.2, -0.15) is 0 Å². The summed E-state index contributed by atoms with van der Waals surface area (Å²) in [6, 6.07) is 34.3. The van der Waals surface area contributed by atoms with Gasteiger partial charge in [-0.15, -0.1) is 11.8 Å². The Kier molecular flexibility index (Phi) is 10.9. The zero-order chi connectivity index (χ0) is 30.9. The zero-order valence-corrected chi connectivity index (χ0v) is 25.7. The number of hydrogen-bond acceptors (Lipinski definition) is 7. The molecule has 4 aromatic rings. The van der Waals surface area contributed by atoms with E-state index in [9.17, 15) is 14.7 Å². The minimum atomic E-state index is -0.853. The van der Waals surface area contributed by atoms with Gasteiger partial charge in [-0.25, -0.2) is 0 Å². The molecular weight excluding hydrogens is 574 g/mol. The van der Waals surface area contributed by atoms with Crippen molar-refractivity contribution in [3.8, 4) is 11.1 Å². The molecule has 1 aliphatic heterocycles. The average Bonchev–Trinajstić information content (AvgIpc) is 3.06. The van der Waals surface area contributed by atoms with Gasteiger partial charge < -0.3 is 24.6 Å². The number of amides is 1. The fraction of sp³-hybridized carbons (Fsp3) is 0.278. The SMILES string of the molecule is CC(=O)O[C@@H](C)C(=O)NCc1cccc(-c2cccc([C@H]3O[C@@H](CSc4ccccc4)C[C@@H](c4ccc(CO)cc4)O3)c2)c1. The van der Waals surface area contributed by atoms with Crippen molar-refractivity contribution in [1.29, 1.82) is 0 Å². The first kappa shape index (κ1) is 31.5. The quantitative estimate of drug-likeness (QED) is 0.143. The van der Waals surface area contributed by atoms with Crippen molar-refractivity contribution >= 4 is 23.6 Å². The molecule has 7 nitrogen and oxygen atoms in total. The van der Waals surface area contributed by atoms with Gasteiger partial charge in [-0.3, -0.25) is 9.59 Å². The highest BCUT2D eigenvalue weighted by Gasteiger charge is 2.32. The second-order valence-corrected chi connectivity index (χ2v) is 11.9. The molecule has 0 aromatic heterocycles. The van der Waals surface area contributed by atoms with Gasteiger partial charge in [-0.1, -0.05) is 78.9 Å². The van der Waals surface area contributed by atoms with Gasteiger partial charge in [0.2, 0.25) is 0 Å². The number of carbonyl (C=O) groups excluding carboxylic acids is 2. The predicted molar refractivity (Wildman–Crippen MR) is 171 cm³/mol. The normalized spacial score (nSPS) is 18.8. The first-order valence-corrected chi connectivity index (χ1v) is 15.7. The molecule has 1 fully saturated rings. The largest absolute Gasteiger partial charge is 0.453 e. The maximum absolute atomic E-state index is 12.3. The monoisotopic (exact) mass is 611 g/mol. The maximum atomic E-state index is 12.3. The van der Waals surface area contributed by atoms with Crippen LogP contribution in [0.5, 0.6) is 0 Å². The van der Waals surface area contributed by atoms with Gasteiger partial charge in [0, 0.05) is 36.1 Å². The molecule has 1 amide bonds. The van der Waals surface area contributed by atoms with E-state index in [-0.39, 0.29) is 24.7 Å². The molecule has 228 valence electrons. The average molecular weight is 612 g/mol. The third-order valence-corrected chi connectivity index (χ3v) is 8.54. The van der Waals surface area contributed by atoms with Crippen LogP contribution in [0.3, 0.4) is 0 Å². The molecule has 1 aliphatic rings. The van der Waals surface area contributed by atoms with E-state index in [4.69, 9.17) is 14.2 Å². The molecule has 0 bridgehead atoms. The van der Waals surface area contributed by atoms with Crippen molar-refractivity contribution < 1.29 is 28.9 Å². The van der Waals surface area contributed by atoms with Crippen LogP contribution >= 0.6 is 11.8 Å². The van der Waals surface area contributed by atoms with Crippen molar-refractivity contribution in [2.45, 2.75) is 62.9 Å². The number of benzene rings is 4. The predicted octanol–water partition coefficient (Wildman–Crippen LogP) is 6.75. The summed E-state index contributed by atoms with van der Waals surface area (Å²) in [6.07, 6.45) is -0.885. The molecular formula is C36H37NO6S. The lowest BCUT2D eigenvalue weighted by Gasteiger charge is -2.36. The molecule has 0 radical (unpaired) electrons. The molecule has 0 aliphatic carbocycles. The molecule has 5 rings (SSSR count). The van der Waals surface area contributed by atoms with Crippen LogP contribution in [0.2, 0.25) is 0 Å². The summed E-state index contributed by atoms with van der Waals surface area (Å²) >= 11 is 1.77. The van der Waals surface area contributed by atoms with Gasteiger partial charge in [0.1, 0.15) is 0 Å². The van der Waals surface area contributed by atoms with Gasteiger partial charge in [0.25, 0.3) is 5.91 Å². The molecule has 2 N–H and O–H groups in total. The lowest BCUT2D eigenvalue weighted by molar-refractivity contribution is -0.245. The highest BCUT2D eigenvalue weighted by atomic mass is 32.2. The first-order chi connectivity index (χ1) is 21.4. The summed E-state index contributed by atoms with van der Waals surface area (Å²) in [5.74, 6) is -0.0501. The number of esters is 1. The van der Waals surface area contributed by atoms with Gasteiger partial charge >= 0.3 is 5.97 Å². The molecule has 44 heavy (non-hydrogen) atoms. The summed E-state index contributed by atoms with van der Waals surface area (Å²) in [5, 5.41) is 12.3. The van der Waals surface area contributed by atoms with E-state index in [1.165, 1.54) is 11.8 Å². The van der Waals surface area contributed by atoms with Crippen LogP contribution < -0.4 is 5.32 Å². The molecule has 1 heterocycles. The highest BCUT2D eigenvalue weighted by Crippen LogP contribution is 2.40. The third-order valence-electron chi connectivity index (χ3n) is 7.39. The summed E-state index contributed by atoms with van der Waals surface area (Å²) in [5.41, 5.74) is 5.75. The fourth-order valence-corrected chi connectivity index (χ4v) is 6.03. The molecule has 0 saturated carbocycles. The van der Waals surface area contributed by atoms with Gasteiger partial charge in [-0.05, 0) is 59.0 Å². The lowest BCUT2D eigenvalue weighted by Crippen LogP contribution is -2.35. The Bertz CT molecular complexity index is 1540. The summed E-state index contributed by atoms with van der Waals surface area (Å²) in [7, 11) is 0. The topological polar surface area (TPSA) is 94.1 Å². The van der Waals surface area contributed by atoms with Crippen LogP contribution in [0.4, 0.5) is 0 Å². The number of ether oxygens (including phenoxy) is 3. The Hall–Kier alpha value is -3.95. The standard InChI is InChI=1S/C36H37NO6S/c1-24(41-25(2)39)35(40)37-21-27-8-6-9-29(18-27)30-10-7-11-31(19-30)36-42-32(23-44-33-12-4-3-5-13-33)20-34(43-36)28-16-14-26(22-38)15-17-28/h3-19,24,32,34,36,38H,20-23H2,1-2H3,(H,37,40)/t24-,32+,34-,36-/m0/s1. The van der Waals surface area contributed by atoms with Crippen LogP contribution in [0.15, 0.2) is 108 Å². The Morgan fingerprint density at radius 2 is 1.61 bits per heavy atom. The van der Waals surface area contributed by atoms with Crippen molar-refractivity contribution in [3.63, 3.8) is 0 Å². The van der Waals surface area contributed by atoms with Crippen LogP contribution in [0, 0.1) is 0 Å². The van der Waals surface area contributed by atoms with Gasteiger partial charge in [0.05, 0.1) is 18.8 Å². The number of aliphatic hydroxyl groups excluding tert-OH is 1. The molecule has 4 aromatic carbocycles. The molecule has 4 atom stereocenters. The number of nitrogens with one attached hydrogen (secondary N) is 1. The summed E-state index contributed by atoms with van der Waals surface area (Å²) in [6.45, 7) is 3.14. The minimum Gasteiger partial charge on any atom is -0.453 e. The Morgan fingerprint density at radius 3 is 2.34 bits per heavy atom. The highest BCUT2D eigenvalue weighted by molar-refractivity contribution is 7.99. The van der Waals surface area contributed by atoms with Crippen molar-refractivity contribution in [2.75, 3.05) is 5.75 Å². The molecule has 0 unspecified atom stereocenters. The summed E-state index contributed by atoms with van der Waals surface area (Å²) < 4.78 is 18.1. The van der Waals surface area contributed by atoms with Crippen molar-refractivity contribution in [3.05, 3.63) is 125 Å².